The molecule has 0 radical (unpaired) electrons. The van der Waals surface area contributed by atoms with Crippen LogP contribution < -0.4 is 0 Å². The van der Waals surface area contributed by atoms with Gasteiger partial charge < -0.3 is 10.0 Å². The molecule has 0 aromatic rings. The number of carbonyl (C=O) groups is 1. The summed E-state index contributed by atoms with van der Waals surface area (Å²) in [7, 11) is 0. The fourth-order valence-corrected chi connectivity index (χ4v) is 1.44. The van der Waals surface area contributed by atoms with Gasteiger partial charge in [0.15, 0.2) is 0 Å². The predicted octanol–water partition coefficient (Wildman–Crippen LogP) is 1.80. The SMILES string of the molecule is CCCN(C(=O)CCCCO)C(C)C. The van der Waals surface area contributed by atoms with Gasteiger partial charge in [-0.3, -0.25) is 4.79 Å². The molecule has 0 rings (SSSR count). The van der Waals surface area contributed by atoms with Crippen molar-refractivity contribution in [1.29, 1.82) is 0 Å². The van der Waals surface area contributed by atoms with Crippen molar-refractivity contribution in [3.05, 3.63) is 0 Å². The first kappa shape index (κ1) is 13.4. The maximum Gasteiger partial charge on any atom is 0.222 e. The van der Waals surface area contributed by atoms with Crippen LogP contribution in [-0.2, 0) is 4.79 Å². The molecule has 0 spiro atoms. The van der Waals surface area contributed by atoms with Crippen LogP contribution in [0.15, 0.2) is 0 Å². The Morgan fingerprint density at radius 2 is 2.00 bits per heavy atom. The Morgan fingerprint density at radius 3 is 2.43 bits per heavy atom. The number of aliphatic hydroxyl groups excluding tert-OH is 1. The second kappa shape index (κ2) is 7.80. The molecule has 3 nitrogen and oxygen atoms in total. The van der Waals surface area contributed by atoms with Gasteiger partial charge >= 0.3 is 0 Å². The smallest absolute Gasteiger partial charge is 0.222 e. The van der Waals surface area contributed by atoms with Gasteiger partial charge in [-0.05, 0) is 33.1 Å². The van der Waals surface area contributed by atoms with Crippen LogP contribution in [0.5, 0.6) is 0 Å². The largest absolute Gasteiger partial charge is 0.396 e. The molecule has 1 N–H and O–H groups in total. The van der Waals surface area contributed by atoms with Crippen molar-refractivity contribution in [3.8, 4) is 0 Å². The van der Waals surface area contributed by atoms with Crippen molar-refractivity contribution in [2.24, 2.45) is 0 Å². The highest BCUT2D eigenvalue weighted by molar-refractivity contribution is 5.76. The summed E-state index contributed by atoms with van der Waals surface area (Å²) < 4.78 is 0. The van der Waals surface area contributed by atoms with E-state index in [1.54, 1.807) is 0 Å². The number of nitrogens with zero attached hydrogens (tertiary/aromatic N) is 1. The van der Waals surface area contributed by atoms with Gasteiger partial charge in [0.2, 0.25) is 5.91 Å². The van der Waals surface area contributed by atoms with Crippen molar-refractivity contribution in [1.82, 2.24) is 4.90 Å². The maximum atomic E-state index is 11.7. The van der Waals surface area contributed by atoms with Crippen LogP contribution in [0.4, 0.5) is 0 Å². The average Bonchev–Trinajstić information content (AvgIpc) is 2.13. The molecule has 0 aromatic carbocycles. The number of amides is 1. The number of hydrogen-bond donors (Lipinski definition) is 1. The van der Waals surface area contributed by atoms with E-state index in [2.05, 4.69) is 6.92 Å². The van der Waals surface area contributed by atoms with Gasteiger partial charge in [0.1, 0.15) is 0 Å². The molecule has 0 aliphatic heterocycles. The molecule has 0 unspecified atom stereocenters. The lowest BCUT2D eigenvalue weighted by Crippen LogP contribution is -2.37. The van der Waals surface area contributed by atoms with E-state index in [0.717, 1.165) is 25.8 Å². The molecule has 0 heterocycles. The third-order valence-corrected chi connectivity index (χ3v) is 2.21. The third-order valence-electron chi connectivity index (χ3n) is 2.21. The van der Waals surface area contributed by atoms with Crippen molar-refractivity contribution in [3.63, 3.8) is 0 Å². The Bertz CT molecular complexity index is 157. The van der Waals surface area contributed by atoms with E-state index >= 15 is 0 Å². The molecule has 84 valence electrons. The zero-order valence-corrected chi connectivity index (χ0v) is 9.62. The van der Waals surface area contributed by atoms with E-state index in [4.69, 9.17) is 5.11 Å². The topological polar surface area (TPSA) is 40.5 Å². The van der Waals surface area contributed by atoms with E-state index in [-0.39, 0.29) is 18.6 Å². The second-order valence-corrected chi connectivity index (χ2v) is 3.86. The van der Waals surface area contributed by atoms with E-state index in [9.17, 15) is 4.79 Å². The summed E-state index contributed by atoms with van der Waals surface area (Å²) in [6, 6.07) is 0.288. The van der Waals surface area contributed by atoms with Crippen LogP contribution in [0.25, 0.3) is 0 Å². The van der Waals surface area contributed by atoms with Gasteiger partial charge in [-0.15, -0.1) is 0 Å². The van der Waals surface area contributed by atoms with Gasteiger partial charge in [0.05, 0.1) is 0 Å². The first-order chi connectivity index (χ1) is 6.63. The van der Waals surface area contributed by atoms with Gasteiger partial charge in [-0.2, -0.15) is 0 Å². The van der Waals surface area contributed by atoms with E-state index < -0.39 is 0 Å². The molecule has 1 amide bonds. The maximum absolute atomic E-state index is 11.7. The van der Waals surface area contributed by atoms with E-state index in [0.29, 0.717) is 6.42 Å². The quantitative estimate of drug-likeness (QED) is 0.638. The summed E-state index contributed by atoms with van der Waals surface area (Å²) in [5, 5.41) is 8.61. The number of carbonyl (C=O) groups excluding carboxylic acids is 1. The molecule has 0 bridgehead atoms. The molecule has 14 heavy (non-hydrogen) atoms. The molecule has 0 aromatic heterocycles. The van der Waals surface area contributed by atoms with Crippen LogP contribution in [0, 0.1) is 0 Å². The van der Waals surface area contributed by atoms with Crippen molar-refractivity contribution >= 4 is 5.91 Å². The third kappa shape index (κ3) is 5.22. The van der Waals surface area contributed by atoms with Crippen LogP contribution in [-0.4, -0.2) is 35.1 Å². The van der Waals surface area contributed by atoms with Crippen molar-refractivity contribution in [2.45, 2.75) is 52.5 Å². The summed E-state index contributed by atoms with van der Waals surface area (Å²) in [5.41, 5.74) is 0. The van der Waals surface area contributed by atoms with Crippen LogP contribution in [0.1, 0.15) is 46.5 Å². The molecule has 0 saturated carbocycles. The van der Waals surface area contributed by atoms with Crippen LogP contribution >= 0.6 is 0 Å². The van der Waals surface area contributed by atoms with Crippen molar-refractivity contribution in [2.75, 3.05) is 13.2 Å². The molecular formula is C11H23NO2. The van der Waals surface area contributed by atoms with Gasteiger partial charge in [0, 0.05) is 25.6 Å². The number of rotatable bonds is 7. The van der Waals surface area contributed by atoms with Crippen molar-refractivity contribution < 1.29 is 9.90 Å². The van der Waals surface area contributed by atoms with E-state index in [1.807, 2.05) is 18.7 Å². The lowest BCUT2D eigenvalue weighted by atomic mass is 10.2. The molecule has 0 aliphatic carbocycles. The monoisotopic (exact) mass is 201 g/mol. The Labute approximate surface area is 87.1 Å². The molecule has 0 saturated heterocycles. The highest BCUT2D eigenvalue weighted by Crippen LogP contribution is 2.06. The van der Waals surface area contributed by atoms with Crippen LogP contribution in [0.3, 0.4) is 0 Å². The predicted molar refractivity (Wildman–Crippen MR) is 58.1 cm³/mol. The van der Waals surface area contributed by atoms with Crippen LogP contribution in [0.2, 0.25) is 0 Å². The Balaban J connectivity index is 3.89. The molecule has 0 aliphatic rings. The minimum absolute atomic E-state index is 0.183. The molecule has 3 heteroatoms. The lowest BCUT2D eigenvalue weighted by molar-refractivity contribution is -0.133. The highest BCUT2D eigenvalue weighted by atomic mass is 16.3. The van der Waals surface area contributed by atoms with Gasteiger partial charge in [-0.1, -0.05) is 6.92 Å². The Kier molecular flexibility index (Phi) is 7.48. The zero-order valence-electron chi connectivity index (χ0n) is 9.62. The Hall–Kier alpha value is -0.570. The summed E-state index contributed by atoms with van der Waals surface area (Å²) in [6.45, 7) is 7.19. The summed E-state index contributed by atoms with van der Waals surface area (Å²) in [6.07, 6.45) is 3.09. The normalized spacial score (nSPS) is 10.6. The highest BCUT2D eigenvalue weighted by Gasteiger charge is 2.14. The minimum atomic E-state index is 0.183. The molecular weight excluding hydrogens is 178 g/mol. The number of unbranched alkanes of at least 4 members (excludes halogenated alkanes) is 1. The fourth-order valence-electron chi connectivity index (χ4n) is 1.44. The second-order valence-electron chi connectivity index (χ2n) is 3.86. The number of hydrogen-bond acceptors (Lipinski definition) is 2. The van der Waals surface area contributed by atoms with Gasteiger partial charge in [0.25, 0.3) is 0 Å². The summed E-state index contributed by atoms with van der Waals surface area (Å²) >= 11 is 0. The zero-order chi connectivity index (χ0) is 11.0. The Morgan fingerprint density at radius 1 is 1.36 bits per heavy atom. The summed E-state index contributed by atoms with van der Waals surface area (Å²) in [5.74, 6) is 0.218. The first-order valence-electron chi connectivity index (χ1n) is 5.53. The average molecular weight is 201 g/mol. The lowest BCUT2D eigenvalue weighted by Gasteiger charge is -2.26. The number of aliphatic hydroxyl groups is 1. The minimum Gasteiger partial charge on any atom is -0.396 e. The summed E-state index contributed by atoms with van der Waals surface area (Å²) in [4.78, 5) is 13.6. The molecule has 0 fully saturated rings. The standard InChI is InChI=1S/C11H23NO2/c1-4-8-12(10(2)3)11(14)7-5-6-9-13/h10,13H,4-9H2,1-3H3. The molecule has 0 atom stereocenters. The van der Waals surface area contributed by atoms with E-state index in [1.165, 1.54) is 0 Å². The first-order valence-corrected chi connectivity index (χ1v) is 5.53. The van der Waals surface area contributed by atoms with Gasteiger partial charge in [-0.25, -0.2) is 0 Å². The fraction of sp³-hybridized carbons (Fsp3) is 0.909.